The number of carbonyl (C=O) groups excluding carboxylic acids is 2. The fraction of sp³-hybridized carbons (Fsp3) is 0.440. The first kappa shape index (κ1) is 25.6. The summed E-state index contributed by atoms with van der Waals surface area (Å²) < 4.78 is 38.5. The summed E-state index contributed by atoms with van der Waals surface area (Å²) in [6.07, 6.45) is -1.82. The third kappa shape index (κ3) is 5.54. The zero-order valence-electron chi connectivity index (χ0n) is 19.2. The molecule has 0 spiro atoms. The third-order valence-electron chi connectivity index (χ3n) is 6.89. The SMILES string of the molecule is CNC(=O)N1CCC(N2CC[C@@H](Cc3c(Cl)cc(-c4ccc(C(F)(F)F)cc4)cc3Cl)C2=O)CC1. The van der Waals surface area contributed by atoms with E-state index in [1.54, 1.807) is 24.1 Å². The van der Waals surface area contributed by atoms with E-state index in [4.69, 9.17) is 23.2 Å². The topological polar surface area (TPSA) is 52.7 Å². The summed E-state index contributed by atoms with van der Waals surface area (Å²) in [5, 5.41) is 3.40. The van der Waals surface area contributed by atoms with Gasteiger partial charge < -0.3 is 15.1 Å². The number of nitrogens with one attached hydrogen (secondary N) is 1. The highest BCUT2D eigenvalue weighted by atomic mass is 35.5. The van der Waals surface area contributed by atoms with E-state index >= 15 is 0 Å². The van der Waals surface area contributed by atoms with Crippen LogP contribution in [0.1, 0.15) is 30.4 Å². The van der Waals surface area contributed by atoms with Gasteiger partial charge in [0.15, 0.2) is 0 Å². The van der Waals surface area contributed by atoms with Crippen LogP contribution < -0.4 is 5.32 Å². The van der Waals surface area contributed by atoms with Crippen molar-refractivity contribution in [3.63, 3.8) is 0 Å². The van der Waals surface area contributed by atoms with Crippen molar-refractivity contribution in [1.29, 1.82) is 0 Å². The molecular formula is C25H26Cl2F3N3O2. The predicted molar refractivity (Wildman–Crippen MR) is 129 cm³/mol. The van der Waals surface area contributed by atoms with Gasteiger partial charge in [-0.2, -0.15) is 13.2 Å². The van der Waals surface area contributed by atoms with Crippen molar-refractivity contribution >= 4 is 35.1 Å². The molecule has 188 valence electrons. The Hall–Kier alpha value is -2.45. The molecule has 1 N–H and O–H groups in total. The maximum absolute atomic E-state index is 13.2. The summed E-state index contributed by atoms with van der Waals surface area (Å²) in [6, 6.07) is 8.19. The van der Waals surface area contributed by atoms with E-state index in [1.165, 1.54) is 12.1 Å². The number of hydrogen-bond donors (Lipinski definition) is 1. The summed E-state index contributed by atoms with van der Waals surface area (Å²) in [5.74, 6) is -0.166. The van der Waals surface area contributed by atoms with Crippen LogP contribution in [-0.4, -0.2) is 54.5 Å². The Bertz CT molecular complexity index is 1080. The highest BCUT2D eigenvalue weighted by Gasteiger charge is 2.38. The lowest BCUT2D eigenvalue weighted by molar-refractivity contribution is -0.137. The monoisotopic (exact) mass is 527 g/mol. The Morgan fingerprint density at radius 1 is 1.00 bits per heavy atom. The molecule has 0 bridgehead atoms. The van der Waals surface area contributed by atoms with Crippen molar-refractivity contribution in [1.82, 2.24) is 15.1 Å². The van der Waals surface area contributed by atoms with Crippen molar-refractivity contribution in [2.75, 3.05) is 26.7 Å². The van der Waals surface area contributed by atoms with Gasteiger partial charge in [-0.05, 0) is 66.6 Å². The van der Waals surface area contributed by atoms with Crippen molar-refractivity contribution < 1.29 is 22.8 Å². The molecule has 3 amide bonds. The molecule has 2 aromatic rings. The number of urea groups is 1. The maximum Gasteiger partial charge on any atom is 0.416 e. The van der Waals surface area contributed by atoms with Crippen LogP contribution in [0.15, 0.2) is 36.4 Å². The smallest absolute Gasteiger partial charge is 0.341 e. The van der Waals surface area contributed by atoms with Crippen molar-refractivity contribution in [2.24, 2.45) is 5.92 Å². The molecule has 0 aliphatic carbocycles. The number of benzene rings is 2. The van der Waals surface area contributed by atoms with Gasteiger partial charge in [-0.3, -0.25) is 4.79 Å². The van der Waals surface area contributed by atoms with Gasteiger partial charge in [-0.15, -0.1) is 0 Å². The van der Waals surface area contributed by atoms with Gasteiger partial charge in [-0.1, -0.05) is 35.3 Å². The summed E-state index contributed by atoms with van der Waals surface area (Å²) in [5.41, 5.74) is 1.12. The minimum atomic E-state index is -4.40. The van der Waals surface area contributed by atoms with Gasteiger partial charge >= 0.3 is 12.2 Å². The summed E-state index contributed by atoms with van der Waals surface area (Å²) in [6.45, 7) is 1.89. The largest absolute Gasteiger partial charge is 0.416 e. The molecule has 2 fully saturated rings. The quantitative estimate of drug-likeness (QED) is 0.540. The lowest BCUT2D eigenvalue weighted by Crippen LogP contribution is -2.49. The van der Waals surface area contributed by atoms with Crippen molar-refractivity contribution in [3.8, 4) is 11.1 Å². The van der Waals surface area contributed by atoms with Gasteiger partial charge in [0, 0.05) is 48.7 Å². The Labute approximate surface area is 212 Å². The molecule has 2 aliphatic rings. The number of nitrogens with zero attached hydrogens (tertiary/aromatic N) is 2. The average molecular weight is 528 g/mol. The highest BCUT2D eigenvalue weighted by Crippen LogP contribution is 2.37. The van der Waals surface area contributed by atoms with Crippen LogP contribution in [0, 0.1) is 5.92 Å². The number of rotatable bonds is 4. The van der Waals surface area contributed by atoms with Crippen LogP contribution in [0.4, 0.5) is 18.0 Å². The third-order valence-corrected chi connectivity index (χ3v) is 7.57. The number of amides is 3. The van der Waals surface area contributed by atoms with Gasteiger partial charge in [0.05, 0.1) is 5.56 Å². The molecule has 4 rings (SSSR count). The molecule has 0 unspecified atom stereocenters. The van der Waals surface area contributed by atoms with Gasteiger partial charge in [0.1, 0.15) is 0 Å². The molecule has 2 saturated heterocycles. The van der Waals surface area contributed by atoms with Crippen LogP contribution in [-0.2, 0) is 17.4 Å². The summed E-state index contributed by atoms with van der Waals surface area (Å²) >= 11 is 13.1. The first-order chi connectivity index (χ1) is 16.6. The Morgan fingerprint density at radius 3 is 2.14 bits per heavy atom. The average Bonchev–Trinajstić information content (AvgIpc) is 3.20. The second-order valence-corrected chi connectivity index (χ2v) is 9.80. The first-order valence-electron chi connectivity index (χ1n) is 11.5. The highest BCUT2D eigenvalue weighted by molar-refractivity contribution is 6.36. The molecule has 35 heavy (non-hydrogen) atoms. The molecule has 0 aromatic heterocycles. The molecule has 1 atom stereocenters. The van der Waals surface area contributed by atoms with Crippen LogP contribution in [0.3, 0.4) is 0 Å². The first-order valence-corrected chi connectivity index (χ1v) is 12.3. The zero-order valence-corrected chi connectivity index (χ0v) is 20.7. The number of halogens is 5. The maximum atomic E-state index is 13.2. The Balaban J connectivity index is 1.42. The van der Waals surface area contributed by atoms with Gasteiger partial charge in [-0.25, -0.2) is 4.79 Å². The van der Waals surface area contributed by atoms with Crippen molar-refractivity contribution in [2.45, 2.75) is 37.9 Å². The standard InChI is InChI=1S/C25H26Cl2F3N3O2/c1-31-24(35)32-9-7-19(8-10-32)33-11-6-16(23(33)34)12-20-21(26)13-17(14-22(20)27)15-2-4-18(5-3-15)25(28,29)30/h2-5,13-14,16,19H,6-12H2,1H3,(H,31,35)/t16-/m0/s1. The number of alkyl halides is 3. The fourth-order valence-electron chi connectivity index (χ4n) is 4.92. The van der Waals surface area contributed by atoms with Crippen LogP contribution in [0.5, 0.6) is 0 Å². The molecule has 2 heterocycles. The molecule has 2 aliphatic heterocycles. The van der Waals surface area contributed by atoms with E-state index in [-0.39, 0.29) is 23.9 Å². The van der Waals surface area contributed by atoms with Gasteiger partial charge in [0.25, 0.3) is 0 Å². The molecule has 10 heteroatoms. The lowest BCUT2D eigenvalue weighted by atomic mass is 9.95. The van der Waals surface area contributed by atoms with Crippen LogP contribution in [0.25, 0.3) is 11.1 Å². The lowest BCUT2D eigenvalue weighted by Gasteiger charge is -2.36. The molecule has 0 saturated carbocycles. The normalized spacial score (nSPS) is 19.4. The molecular weight excluding hydrogens is 502 g/mol. The van der Waals surface area contributed by atoms with E-state index in [1.807, 2.05) is 4.90 Å². The van der Waals surface area contributed by atoms with E-state index in [9.17, 15) is 22.8 Å². The van der Waals surface area contributed by atoms with E-state index in [0.29, 0.717) is 59.2 Å². The number of likely N-dealkylation sites (tertiary alicyclic amines) is 2. The summed E-state index contributed by atoms with van der Waals surface area (Å²) in [7, 11) is 1.61. The second kappa shape index (κ2) is 10.3. The van der Waals surface area contributed by atoms with E-state index < -0.39 is 11.7 Å². The van der Waals surface area contributed by atoms with Gasteiger partial charge in [0.2, 0.25) is 5.91 Å². The van der Waals surface area contributed by atoms with E-state index in [0.717, 1.165) is 25.0 Å². The Kier molecular flexibility index (Phi) is 7.52. The van der Waals surface area contributed by atoms with Crippen LogP contribution in [0.2, 0.25) is 10.0 Å². The fourth-order valence-corrected chi connectivity index (χ4v) is 5.56. The summed E-state index contributed by atoms with van der Waals surface area (Å²) in [4.78, 5) is 28.6. The minimum absolute atomic E-state index is 0.0716. The second-order valence-electron chi connectivity index (χ2n) is 8.99. The Morgan fingerprint density at radius 2 is 1.60 bits per heavy atom. The predicted octanol–water partition coefficient (Wildman–Crippen LogP) is 5.87. The minimum Gasteiger partial charge on any atom is -0.341 e. The van der Waals surface area contributed by atoms with Crippen LogP contribution >= 0.6 is 23.2 Å². The molecule has 0 radical (unpaired) electrons. The zero-order chi connectivity index (χ0) is 25.3. The molecule has 2 aromatic carbocycles. The number of carbonyl (C=O) groups is 2. The van der Waals surface area contributed by atoms with E-state index in [2.05, 4.69) is 5.32 Å². The molecule has 5 nitrogen and oxygen atoms in total. The van der Waals surface area contributed by atoms with Crippen molar-refractivity contribution in [3.05, 3.63) is 57.6 Å². The number of hydrogen-bond acceptors (Lipinski definition) is 2. The number of piperidine rings is 1.